The molecule has 1 saturated heterocycles. The van der Waals surface area contributed by atoms with Crippen LogP contribution in [0, 0.1) is 0 Å². The molecule has 2 rings (SSSR count). The molecule has 0 radical (unpaired) electrons. The first-order chi connectivity index (χ1) is 9.93. The lowest BCUT2D eigenvalue weighted by molar-refractivity contribution is 0.0992. The van der Waals surface area contributed by atoms with Gasteiger partial charge in [-0.15, -0.1) is 11.3 Å². The van der Waals surface area contributed by atoms with Gasteiger partial charge >= 0.3 is 0 Å². The molecule has 0 bridgehead atoms. The second-order valence-electron chi connectivity index (χ2n) is 5.66. The summed E-state index contributed by atoms with van der Waals surface area (Å²) in [4.78, 5) is 14.7. The zero-order chi connectivity index (χ0) is 15.6. The Morgan fingerprint density at radius 2 is 2.29 bits per heavy atom. The number of ether oxygens (including phenoxy) is 1. The van der Waals surface area contributed by atoms with Crippen LogP contribution < -0.4 is 15.4 Å². The standard InChI is InChI=1S/C15H24N2O3S/c1-4-11(19)14-12(16)13(20-9(2)3)15(21-14)17-7-5-6-10(18)8-17/h9-10,18H,4-8,16H2,1-3H3. The van der Waals surface area contributed by atoms with Crippen LogP contribution in [0.5, 0.6) is 5.75 Å². The number of nitrogens with zero attached hydrogens (tertiary/aromatic N) is 1. The number of thiophene rings is 1. The molecule has 1 aromatic rings. The van der Waals surface area contributed by atoms with E-state index in [2.05, 4.69) is 4.90 Å². The van der Waals surface area contributed by atoms with Crippen molar-refractivity contribution in [2.24, 2.45) is 0 Å². The van der Waals surface area contributed by atoms with Crippen LogP contribution in [-0.2, 0) is 0 Å². The molecule has 1 aromatic heterocycles. The Labute approximate surface area is 129 Å². The molecule has 0 spiro atoms. The molecule has 1 aliphatic rings. The van der Waals surface area contributed by atoms with Gasteiger partial charge in [0.1, 0.15) is 5.00 Å². The summed E-state index contributed by atoms with van der Waals surface area (Å²) in [7, 11) is 0. The number of hydrogen-bond donors (Lipinski definition) is 2. The number of hydrogen-bond acceptors (Lipinski definition) is 6. The highest BCUT2D eigenvalue weighted by molar-refractivity contribution is 7.19. The molecule has 0 aromatic carbocycles. The fourth-order valence-electron chi connectivity index (χ4n) is 2.48. The van der Waals surface area contributed by atoms with Crippen LogP contribution in [-0.4, -0.2) is 36.2 Å². The van der Waals surface area contributed by atoms with E-state index < -0.39 is 0 Å². The number of nitrogen functional groups attached to an aromatic ring is 1. The van der Waals surface area contributed by atoms with Crippen molar-refractivity contribution in [2.75, 3.05) is 23.7 Å². The quantitative estimate of drug-likeness (QED) is 0.818. The van der Waals surface area contributed by atoms with Crippen molar-refractivity contribution in [3.63, 3.8) is 0 Å². The molecule has 118 valence electrons. The highest BCUT2D eigenvalue weighted by Crippen LogP contribution is 2.46. The van der Waals surface area contributed by atoms with Crippen molar-refractivity contribution >= 4 is 27.8 Å². The Bertz CT molecular complexity index is 513. The molecule has 1 fully saturated rings. The molecule has 2 heterocycles. The van der Waals surface area contributed by atoms with E-state index in [1.807, 2.05) is 20.8 Å². The summed E-state index contributed by atoms with van der Waals surface area (Å²) >= 11 is 1.38. The zero-order valence-electron chi connectivity index (χ0n) is 12.9. The Balaban J connectivity index is 2.39. The van der Waals surface area contributed by atoms with Crippen molar-refractivity contribution in [1.82, 2.24) is 0 Å². The summed E-state index contributed by atoms with van der Waals surface area (Å²) in [6.07, 6.45) is 1.82. The third kappa shape index (κ3) is 3.49. The van der Waals surface area contributed by atoms with Crippen LogP contribution in [0.15, 0.2) is 0 Å². The smallest absolute Gasteiger partial charge is 0.177 e. The van der Waals surface area contributed by atoms with Crippen LogP contribution >= 0.6 is 11.3 Å². The number of aliphatic hydroxyl groups is 1. The number of piperidine rings is 1. The van der Waals surface area contributed by atoms with Gasteiger partial charge in [-0.25, -0.2) is 0 Å². The second-order valence-corrected chi connectivity index (χ2v) is 6.66. The molecule has 0 aliphatic carbocycles. The normalized spacial score (nSPS) is 19.1. The number of carbonyl (C=O) groups is 1. The van der Waals surface area contributed by atoms with Gasteiger partial charge in [0.25, 0.3) is 0 Å². The Kier molecular flexibility index (Phi) is 5.11. The number of rotatable bonds is 5. The first kappa shape index (κ1) is 16.1. The predicted octanol–water partition coefficient (Wildman–Crippen LogP) is 2.67. The molecule has 5 nitrogen and oxygen atoms in total. The Hall–Kier alpha value is -1.27. The minimum absolute atomic E-state index is 0.0139. The van der Waals surface area contributed by atoms with Gasteiger partial charge in [0.15, 0.2) is 11.5 Å². The molecule has 6 heteroatoms. The number of β-amino-alcohol motifs (C(OH)–C–C–N with tert-alkyl or cyclic N) is 1. The number of aliphatic hydroxyl groups excluding tert-OH is 1. The highest BCUT2D eigenvalue weighted by atomic mass is 32.1. The van der Waals surface area contributed by atoms with E-state index in [-0.39, 0.29) is 18.0 Å². The molecule has 0 amide bonds. The molecule has 21 heavy (non-hydrogen) atoms. The van der Waals surface area contributed by atoms with E-state index in [4.69, 9.17) is 10.5 Å². The van der Waals surface area contributed by atoms with Crippen LogP contribution in [0.25, 0.3) is 0 Å². The third-order valence-corrected chi connectivity index (χ3v) is 4.78. The lowest BCUT2D eigenvalue weighted by Crippen LogP contribution is -2.38. The summed E-state index contributed by atoms with van der Waals surface area (Å²) in [5.41, 5.74) is 6.59. The number of nitrogens with two attached hydrogens (primary N) is 1. The first-order valence-corrected chi connectivity index (χ1v) is 8.30. The van der Waals surface area contributed by atoms with Crippen molar-refractivity contribution in [2.45, 2.75) is 52.2 Å². The summed E-state index contributed by atoms with van der Waals surface area (Å²) in [5, 5.41) is 10.7. The third-order valence-electron chi connectivity index (χ3n) is 3.49. The van der Waals surface area contributed by atoms with Gasteiger partial charge in [0.2, 0.25) is 0 Å². The second kappa shape index (κ2) is 6.66. The monoisotopic (exact) mass is 312 g/mol. The molecule has 3 N–H and O–H groups in total. The van der Waals surface area contributed by atoms with E-state index in [0.717, 1.165) is 24.4 Å². The zero-order valence-corrected chi connectivity index (χ0v) is 13.7. The van der Waals surface area contributed by atoms with Gasteiger partial charge in [0, 0.05) is 19.5 Å². The number of Topliss-reactive ketones (excluding diaryl/α,β-unsaturated/α-hetero) is 1. The van der Waals surface area contributed by atoms with E-state index in [1.165, 1.54) is 11.3 Å². The van der Waals surface area contributed by atoms with Crippen LogP contribution in [0.4, 0.5) is 10.7 Å². The largest absolute Gasteiger partial charge is 0.486 e. The van der Waals surface area contributed by atoms with Crippen LogP contribution in [0.2, 0.25) is 0 Å². The number of anilines is 2. The van der Waals surface area contributed by atoms with Gasteiger partial charge in [-0.1, -0.05) is 6.92 Å². The highest BCUT2D eigenvalue weighted by Gasteiger charge is 2.28. The summed E-state index contributed by atoms with van der Waals surface area (Å²) in [6, 6.07) is 0. The summed E-state index contributed by atoms with van der Waals surface area (Å²) in [6.45, 7) is 7.12. The average molecular weight is 312 g/mol. The van der Waals surface area contributed by atoms with Crippen LogP contribution in [0.3, 0.4) is 0 Å². The molecule has 1 unspecified atom stereocenters. The fourth-order valence-corrected chi connectivity index (χ4v) is 3.68. The first-order valence-electron chi connectivity index (χ1n) is 7.49. The van der Waals surface area contributed by atoms with Crippen molar-refractivity contribution in [1.29, 1.82) is 0 Å². The minimum Gasteiger partial charge on any atom is -0.486 e. The molecule has 1 aliphatic heterocycles. The van der Waals surface area contributed by atoms with E-state index in [1.54, 1.807) is 0 Å². The SMILES string of the molecule is CCC(=O)c1sc(N2CCCC(O)C2)c(OC(C)C)c1N. The molecular formula is C15H24N2O3S. The van der Waals surface area contributed by atoms with Crippen molar-refractivity contribution < 1.29 is 14.6 Å². The lowest BCUT2D eigenvalue weighted by Gasteiger charge is -2.31. The van der Waals surface area contributed by atoms with Gasteiger partial charge in [-0.2, -0.15) is 0 Å². The molecule has 1 atom stereocenters. The number of ketones is 1. The minimum atomic E-state index is -0.334. The maximum atomic E-state index is 12.0. The Morgan fingerprint density at radius 3 is 2.86 bits per heavy atom. The van der Waals surface area contributed by atoms with Gasteiger partial charge in [-0.05, 0) is 26.7 Å². The predicted molar refractivity (Wildman–Crippen MR) is 86.6 cm³/mol. The summed E-state index contributed by atoms with van der Waals surface area (Å²) in [5.74, 6) is 0.635. The average Bonchev–Trinajstić information content (AvgIpc) is 2.75. The Morgan fingerprint density at radius 1 is 1.57 bits per heavy atom. The molecular weight excluding hydrogens is 288 g/mol. The van der Waals surface area contributed by atoms with E-state index >= 15 is 0 Å². The fraction of sp³-hybridized carbons (Fsp3) is 0.667. The maximum absolute atomic E-state index is 12.0. The van der Waals surface area contributed by atoms with Crippen molar-refractivity contribution in [3.05, 3.63) is 4.88 Å². The topological polar surface area (TPSA) is 75.8 Å². The molecule has 0 saturated carbocycles. The van der Waals surface area contributed by atoms with Gasteiger partial charge < -0.3 is 20.5 Å². The van der Waals surface area contributed by atoms with Gasteiger partial charge in [0.05, 0.1) is 22.8 Å². The number of carbonyl (C=O) groups excluding carboxylic acids is 1. The van der Waals surface area contributed by atoms with E-state index in [9.17, 15) is 9.90 Å². The van der Waals surface area contributed by atoms with Gasteiger partial charge in [-0.3, -0.25) is 4.79 Å². The van der Waals surface area contributed by atoms with Crippen molar-refractivity contribution in [3.8, 4) is 5.75 Å². The van der Waals surface area contributed by atoms with E-state index in [0.29, 0.717) is 29.3 Å². The summed E-state index contributed by atoms with van der Waals surface area (Å²) < 4.78 is 5.85. The maximum Gasteiger partial charge on any atom is 0.177 e. The lowest BCUT2D eigenvalue weighted by atomic mass is 10.1. The van der Waals surface area contributed by atoms with Crippen LogP contribution in [0.1, 0.15) is 49.7 Å².